The number of aromatic amines is 2. The third-order valence-corrected chi connectivity index (χ3v) is 2.77. The highest BCUT2D eigenvalue weighted by Gasteiger charge is 1.98. The quantitative estimate of drug-likeness (QED) is 0.754. The van der Waals surface area contributed by atoms with Crippen molar-refractivity contribution in [2.45, 2.75) is 5.33 Å². The number of hydrogen-bond acceptors (Lipinski definition) is 3. The number of rotatable bonds is 3. The number of halogens is 1. The zero-order chi connectivity index (χ0) is 12.3. The highest BCUT2D eigenvalue weighted by Crippen LogP contribution is 2.15. The summed E-state index contributed by atoms with van der Waals surface area (Å²) in [6, 6.07) is 8.94. The largest absolute Gasteiger partial charge is 0.342 e. The third-order valence-electron chi connectivity index (χ3n) is 2.12. The first-order valence-electron chi connectivity index (χ1n) is 4.93. The second-order valence-electron chi connectivity index (χ2n) is 3.46. The molecule has 0 saturated heterocycles. The van der Waals surface area contributed by atoms with Crippen molar-refractivity contribution in [2.75, 3.05) is 5.32 Å². The molecule has 0 aliphatic rings. The van der Waals surface area contributed by atoms with Crippen LogP contribution >= 0.6 is 15.9 Å². The lowest BCUT2D eigenvalue weighted by Crippen LogP contribution is -2.22. The average molecular weight is 296 g/mol. The number of H-pyrrole nitrogens is 2. The molecule has 2 rings (SSSR count). The molecule has 2 aromatic rings. The van der Waals surface area contributed by atoms with E-state index in [-0.39, 0.29) is 0 Å². The minimum Gasteiger partial charge on any atom is -0.342 e. The number of hydrogen-bond donors (Lipinski definition) is 3. The molecule has 0 amide bonds. The Balaban J connectivity index is 2.31. The molecule has 0 fully saturated rings. The molecule has 6 heteroatoms. The minimum atomic E-state index is -0.531. The van der Waals surface area contributed by atoms with Crippen molar-refractivity contribution in [1.82, 2.24) is 9.97 Å². The maximum atomic E-state index is 11.1. The van der Waals surface area contributed by atoms with Gasteiger partial charge in [-0.25, -0.2) is 4.79 Å². The number of alkyl halides is 1. The standard InChI is InChI=1S/C11H10BrN3O2/c12-6-7-2-1-3-8(4-7)13-9-5-10(16)15-11(17)14-9/h1-5H,6H2,(H3,13,14,15,16,17). The normalized spacial score (nSPS) is 10.2. The molecule has 17 heavy (non-hydrogen) atoms. The van der Waals surface area contributed by atoms with Crippen LogP contribution in [0.4, 0.5) is 11.5 Å². The van der Waals surface area contributed by atoms with Crippen molar-refractivity contribution in [3.63, 3.8) is 0 Å². The van der Waals surface area contributed by atoms with Crippen molar-refractivity contribution < 1.29 is 0 Å². The predicted octanol–water partition coefficient (Wildman–Crippen LogP) is 1.70. The topological polar surface area (TPSA) is 77.8 Å². The first kappa shape index (κ1) is 11.7. The van der Waals surface area contributed by atoms with Gasteiger partial charge in [-0.05, 0) is 17.7 Å². The Morgan fingerprint density at radius 2 is 2.00 bits per heavy atom. The maximum Gasteiger partial charge on any atom is 0.327 e. The molecular weight excluding hydrogens is 286 g/mol. The zero-order valence-electron chi connectivity index (χ0n) is 8.79. The molecule has 3 N–H and O–H groups in total. The molecule has 0 unspecified atom stereocenters. The average Bonchev–Trinajstić information content (AvgIpc) is 2.28. The second kappa shape index (κ2) is 5.01. The Morgan fingerprint density at radius 1 is 1.18 bits per heavy atom. The number of benzene rings is 1. The lowest BCUT2D eigenvalue weighted by Gasteiger charge is -2.06. The van der Waals surface area contributed by atoms with Gasteiger partial charge in [-0.15, -0.1) is 0 Å². The summed E-state index contributed by atoms with van der Waals surface area (Å²) in [6.45, 7) is 0. The smallest absolute Gasteiger partial charge is 0.327 e. The molecule has 1 heterocycles. The lowest BCUT2D eigenvalue weighted by atomic mass is 10.2. The number of aromatic nitrogens is 2. The van der Waals surface area contributed by atoms with Crippen LogP contribution in [0, 0.1) is 0 Å². The summed E-state index contributed by atoms with van der Waals surface area (Å²) in [5.41, 5.74) is 0.940. The van der Waals surface area contributed by atoms with Gasteiger partial charge in [0.15, 0.2) is 0 Å². The van der Waals surface area contributed by atoms with E-state index in [9.17, 15) is 9.59 Å². The summed E-state index contributed by atoms with van der Waals surface area (Å²) in [7, 11) is 0. The van der Waals surface area contributed by atoms with Crippen molar-refractivity contribution in [1.29, 1.82) is 0 Å². The van der Waals surface area contributed by atoms with Gasteiger partial charge < -0.3 is 5.32 Å². The van der Waals surface area contributed by atoms with Crippen molar-refractivity contribution in [2.24, 2.45) is 0 Å². The Bertz CT molecular complexity index is 605. The van der Waals surface area contributed by atoms with Gasteiger partial charge in [0.1, 0.15) is 5.82 Å². The van der Waals surface area contributed by atoms with E-state index in [1.165, 1.54) is 6.07 Å². The third kappa shape index (κ3) is 3.07. The van der Waals surface area contributed by atoms with E-state index >= 15 is 0 Å². The van der Waals surface area contributed by atoms with E-state index in [0.717, 1.165) is 16.6 Å². The summed E-state index contributed by atoms with van der Waals surface area (Å²) in [5, 5.41) is 3.71. The van der Waals surface area contributed by atoms with Crippen LogP contribution in [0.1, 0.15) is 5.56 Å². The fourth-order valence-corrected chi connectivity index (χ4v) is 1.77. The van der Waals surface area contributed by atoms with Gasteiger partial charge in [0.2, 0.25) is 0 Å². The summed E-state index contributed by atoms with van der Waals surface area (Å²) < 4.78 is 0. The molecule has 0 radical (unpaired) electrons. The first-order chi connectivity index (χ1) is 8.17. The van der Waals surface area contributed by atoms with Gasteiger partial charge in [0.05, 0.1) is 0 Å². The SMILES string of the molecule is O=c1cc(Nc2cccc(CBr)c2)[nH]c(=O)[nH]1. The summed E-state index contributed by atoms with van der Waals surface area (Å²) in [5.74, 6) is 0.366. The summed E-state index contributed by atoms with van der Waals surface area (Å²) in [6.07, 6.45) is 0. The van der Waals surface area contributed by atoms with Crippen LogP contribution in [0.3, 0.4) is 0 Å². The van der Waals surface area contributed by atoms with Crippen molar-refractivity contribution >= 4 is 27.4 Å². The van der Waals surface area contributed by atoms with E-state index in [4.69, 9.17) is 0 Å². The molecule has 0 aliphatic carbocycles. The van der Waals surface area contributed by atoms with Crippen molar-refractivity contribution in [3.05, 3.63) is 56.7 Å². The predicted molar refractivity (Wildman–Crippen MR) is 70.0 cm³/mol. The van der Waals surface area contributed by atoms with Gasteiger partial charge in [-0.3, -0.25) is 14.8 Å². The van der Waals surface area contributed by atoms with Crippen LogP contribution in [-0.2, 0) is 5.33 Å². The van der Waals surface area contributed by atoms with Gasteiger partial charge in [-0.2, -0.15) is 0 Å². The Hall–Kier alpha value is -1.82. The Morgan fingerprint density at radius 3 is 2.71 bits per heavy atom. The maximum absolute atomic E-state index is 11.1. The minimum absolute atomic E-state index is 0.366. The fraction of sp³-hybridized carbons (Fsp3) is 0.0909. The Kier molecular flexibility index (Phi) is 3.43. The molecule has 0 bridgehead atoms. The summed E-state index contributed by atoms with van der Waals surface area (Å²) >= 11 is 3.36. The van der Waals surface area contributed by atoms with E-state index in [2.05, 4.69) is 31.2 Å². The van der Waals surface area contributed by atoms with E-state index in [0.29, 0.717) is 5.82 Å². The lowest BCUT2D eigenvalue weighted by molar-refractivity contribution is 1.04. The Labute approximate surface area is 105 Å². The molecule has 5 nitrogen and oxygen atoms in total. The van der Waals surface area contributed by atoms with E-state index in [1.807, 2.05) is 24.3 Å². The number of anilines is 2. The first-order valence-corrected chi connectivity index (χ1v) is 6.05. The van der Waals surface area contributed by atoms with Crippen LogP contribution in [0.2, 0.25) is 0 Å². The summed E-state index contributed by atoms with van der Waals surface area (Å²) in [4.78, 5) is 26.8. The van der Waals surface area contributed by atoms with E-state index < -0.39 is 11.2 Å². The molecular formula is C11H10BrN3O2. The highest BCUT2D eigenvalue weighted by atomic mass is 79.9. The van der Waals surface area contributed by atoms with Gasteiger partial charge in [0.25, 0.3) is 5.56 Å². The van der Waals surface area contributed by atoms with Crippen LogP contribution in [-0.4, -0.2) is 9.97 Å². The fourth-order valence-electron chi connectivity index (χ4n) is 1.42. The molecule has 88 valence electrons. The van der Waals surface area contributed by atoms with E-state index in [1.54, 1.807) is 0 Å². The van der Waals surface area contributed by atoms with Gasteiger partial charge >= 0.3 is 5.69 Å². The van der Waals surface area contributed by atoms with Crippen LogP contribution in [0.15, 0.2) is 39.9 Å². The zero-order valence-corrected chi connectivity index (χ0v) is 10.4. The van der Waals surface area contributed by atoms with Crippen LogP contribution < -0.4 is 16.6 Å². The van der Waals surface area contributed by atoms with Gasteiger partial charge in [-0.1, -0.05) is 28.1 Å². The second-order valence-corrected chi connectivity index (χ2v) is 4.02. The van der Waals surface area contributed by atoms with Crippen molar-refractivity contribution in [3.8, 4) is 0 Å². The molecule has 0 aliphatic heterocycles. The molecule has 0 saturated carbocycles. The van der Waals surface area contributed by atoms with Crippen LogP contribution in [0.5, 0.6) is 0 Å². The number of nitrogens with one attached hydrogen (secondary N) is 3. The molecule has 0 spiro atoms. The monoisotopic (exact) mass is 295 g/mol. The molecule has 1 aromatic heterocycles. The molecule has 0 atom stereocenters. The molecule has 1 aromatic carbocycles. The van der Waals surface area contributed by atoms with Crippen LogP contribution in [0.25, 0.3) is 0 Å². The highest BCUT2D eigenvalue weighted by molar-refractivity contribution is 9.08. The van der Waals surface area contributed by atoms with Gasteiger partial charge in [0, 0.05) is 17.1 Å².